The number of hydrogen-bond donors (Lipinski definition) is 0. The molecule has 0 aromatic heterocycles. The molecule has 0 radical (unpaired) electrons. The Hall–Kier alpha value is -0.0800. The molecule has 1 heterocycles. The minimum atomic E-state index is 0.394. The van der Waals surface area contributed by atoms with Crippen molar-refractivity contribution in [1.29, 1.82) is 0 Å². The smallest absolute Gasteiger partial charge is 0.0809 e. The van der Waals surface area contributed by atoms with Crippen LogP contribution in [0, 0.1) is 0 Å². The first-order valence-electron chi connectivity index (χ1n) is 6.13. The fourth-order valence-corrected chi connectivity index (χ4v) is 1.80. The van der Waals surface area contributed by atoms with Crippen LogP contribution in [0.5, 0.6) is 0 Å². The van der Waals surface area contributed by atoms with Crippen LogP contribution < -0.4 is 0 Å². The average Bonchev–Trinajstić information content (AvgIpc) is 2.69. The second kappa shape index (κ2) is 8.25. The fourth-order valence-electron chi connectivity index (χ4n) is 1.80. The lowest BCUT2D eigenvalue weighted by molar-refractivity contribution is 0.0161. The highest BCUT2D eigenvalue weighted by Gasteiger charge is 2.14. The third-order valence-corrected chi connectivity index (χ3v) is 2.72. The van der Waals surface area contributed by atoms with Crippen molar-refractivity contribution in [3.63, 3.8) is 0 Å². The molecular weight excluding hydrogens is 176 g/mol. The molecule has 14 heavy (non-hydrogen) atoms. The van der Waals surface area contributed by atoms with Crippen LogP contribution in [0.1, 0.15) is 51.9 Å². The third-order valence-electron chi connectivity index (χ3n) is 2.72. The van der Waals surface area contributed by atoms with Gasteiger partial charge in [0, 0.05) is 13.2 Å². The quantitative estimate of drug-likeness (QED) is 0.560. The van der Waals surface area contributed by atoms with E-state index in [1.165, 1.54) is 44.9 Å². The Kier molecular flexibility index (Phi) is 7.06. The third kappa shape index (κ3) is 5.61. The number of ether oxygens (including phenoxy) is 2. The van der Waals surface area contributed by atoms with Crippen molar-refractivity contribution in [1.82, 2.24) is 0 Å². The summed E-state index contributed by atoms with van der Waals surface area (Å²) in [5, 5.41) is 0. The van der Waals surface area contributed by atoms with Crippen LogP contribution in [0.4, 0.5) is 0 Å². The van der Waals surface area contributed by atoms with Crippen LogP contribution >= 0.6 is 0 Å². The predicted molar refractivity (Wildman–Crippen MR) is 58.6 cm³/mol. The lowest BCUT2D eigenvalue weighted by Crippen LogP contribution is -2.14. The highest BCUT2D eigenvalue weighted by atomic mass is 16.5. The first-order chi connectivity index (χ1) is 6.93. The number of unbranched alkanes of at least 4 members (excludes halogenated alkanes) is 4. The summed E-state index contributed by atoms with van der Waals surface area (Å²) >= 11 is 0. The van der Waals surface area contributed by atoms with Crippen LogP contribution in [0.3, 0.4) is 0 Å². The monoisotopic (exact) mass is 200 g/mol. The SMILES string of the molecule is CCCCCCCOCC1CCCO1. The van der Waals surface area contributed by atoms with Gasteiger partial charge in [-0.25, -0.2) is 0 Å². The van der Waals surface area contributed by atoms with E-state index < -0.39 is 0 Å². The van der Waals surface area contributed by atoms with Gasteiger partial charge in [0.1, 0.15) is 0 Å². The Morgan fingerprint density at radius 2 is 2.07 bits per heavy atom. The predicted octanol–water partition coefficient (Wildman–Crippen LogP) is 3.15. The highest BCUT2D eigenvalue weighted by Crippen LogP contribution is 2.12. The first-order valence-corrected chi connectivity index (χ1v) is 6.13. The van der Waals surface area contributed by atoms with Gasteiger partial charge in [-0.1, -0.05) is 32.6 Å². The minimum absolute atomic E-state index is 0.394. The molecule has 1 aliphatic heterocycles. The summed E-state index contributed by atoms with van der Waals surface area (Å²) < 4.78 is 11.0. The molecule has 84 valence electrons. The second-order valence-electron chi connectivity index (χ2n) is 4.12. The minimum Gasteiger partial charge on any atom is -0.379 e. The van der Waals surface area contributed by atoms with Crippen LogP contribution in [-0.2, 0) is 9.47 Å². The Labute approximate surface area is 88.0 Å². The lowest BCUT2D eigenvalue weighted by atomic mass is 10.2. The second-order valence-corrected chi connectivity index (χ2v) is 4.12. The summed E-state index contributed by atoms with van der Waals surface area (Å²) in [6, 6.07) is 0. The van der Waals surface area contributed by atoms with Gasteiger partial charge in [-0.3, -0.25) is 0 Å². The molecule has 1 rings (SSSR count). The van der Waals surface area contributed by atoms with Crippen molar-refractivity contribution in [3.8, 4) is 0 Å². The number of hydrogen-bond acceptors (Lipinski definition) is 2. The van der Waals surface area contributed by atoms with E-state index in [0.29, 0.717) is 6.10 Å². The molecule has 0 saturated carbocycles. The summed E-state index contributed by atoms with van der Waals surface area (Å²) in [5.74, 6) is 0. The molecule has 0 N–H and O–H groups in total. The Morgan fingerprint density at radius 1 is 1.21 bits per heavy atom. The van der Waals surface area contributed by atoms with Gasteiger partial charge in [0.25, 0.3) is 0 Å². The van der Waals surface area contributed by atoms with Crippen molar-refractivity contribution >= 4 is 0 Å². The van der Waals surface area contributed by atoms with Gasteiger partial charge >= 0.3 is 0 Å². The molecule has 1 atom stereocenters. The van der Waals surface area contributed by atoms with Gasteiger partial charge in [-0.15, -0.1) is 0 Å². The Bertz CT molecular complexity index is 119. The molecule has 0 spiro atoms. The van der Waals surface area contributed by atoms with Crippen LogP contribution in [0.15, 0.2) is 0 Å². The zero-order valence-corrected chi connectivity index (χ0v) is 9.46. The van der Waals surface area contributed by atoms with Crippen molar-refractivity contribution in [2.24, 2.45) is 0 Å². The van der Waals surface area contributed by atoms with E-state index in [1.54, 1.807) is 0 Å². The molecule has 2 nitrogen and oxygen atoms in total. The van der Waals surface area contributed by atoms with Crippen molar-refractivity contribution in [2.75, 3.05) is 19.8 Å². The van der Waals surface area contributed by atoms with E-state index in [9.17, 15) is 0 Å². The van der Waals surface area contributed by atoms with E-state index in [0.717, 1.165) is 19.8 Å². The van der Waals surface area contributed by atoms with Gasteiger partial charge in [-0.05, 0) is 19.3 Å². The number of rotatable bonds is 8. The van der Waals surface area contributed by atoms with Crippen molar-refractivity contribution in [2.45, 2.75) is 58.0 Å². The van der Waals surface area contributed by atoms with Gasteiger partial charge < -0.3 is 9.47 Å². The summed E-state index contributed by atoms with van der Waals surface area (Å²) in [5.41, 5.74) is 0. The molecule has 0 aromatic rings. The largest absolute Gasteiger partial charge is 0.379 e. The maximum atomic E-state index is 5.57. The Balaban J connectivity index is 1.75. The summed E-state index contributed by atoms with van der Waals surface area (Å²) in [4.78, 5) is 0. The molecule has 2 heteroatoms. The van der Waals surface area contributed by atoms with Gasteiger partial charge in [0.15, 0.2) is 0 Å². The molecule has 1 saturated heterocycles. The molecule has 0 aromatic carbocycles. The van der Waals surface area contributed by atoms with E-state index in [1.807, 2.05) is 0 Å². The van der Waals surface area contributed by atoms with Gasteiger partial charge in [-0.2, -0.15) is 0 Å². The maximum Gasteiger partial charge on any atom is 0.0809 e. The molecule has 1 aliphatic rings. The van der Waals surface area contributed by atoms with E-state index >= 15 is 0 Å². The van der Waals surface area contributed by atoms with Crippen LogP contribution in [-0.4, -0.2) is 25.9 Å². The van der Waals surface area contributed by atoms with Gasteiger partial charge in [0.05, 0.1) is 12.7 Å². The topological polar surface area (TPSA) is 18.5 Å². The lowest BCUT2D eigenvalue weighted by Gasteiger charge is -2.09. The molecule has 0 aliphatic carbocycles. The van der Waals surface area contributed by atoms with Crippen molar-refractivity contribution in [3.05, 3.63) is 0 Å². The summed E-state index contributed by atoms with van der Waals surface area (Å²) in [6.07, 6.45) is 9.38. The Morgan fingerprint density at radius 3 is 2.79 bits per heavy atom. The van der Waals surface area contributed by atoms with Crippen LogP contribution in [0.2, 0.25) is 0 Å². The zero-order valence-electron chi connectivity index (χ0n) is 9.46. The average molecular weight is 200 g/mol. The normalized spacial score (nSPS) is 21.6. The molecule has 1 unspecified atom stereocenters. The van der Waals surface area contributed by atoms with Gasteiger partial charge in [0.2, 0.25) is 0 Å². The van der Waals surface area contributed by atoms with E-state index in [4.69, 9.17) is 9.47 Å². The zero-order chi connectivity index (χ0) is 10.1. The first kappa shape index (κ1) is 12.0. The summed E-state index contributed by atoms with van der Waals surface area (Å²) in [7, 11) is 0. The maximum absolute atomic E-state index is 5.57. The molecular formula is C12H24O2. The highest BCUT2D eigenvalue weighted by molar-refractivity contribution is 4.63. The molecule has 0 amide bonds. The van der Waals surface area contributed by atoms with E-state index in [2.05, 4.69) is 6.92 Å². The van der Waals surface area contributed by atoms with E-state index in [-0.39, 0.29) is 0 Å². The molecule has 1 fully saturated rings. The van der Waals surface area contributed by atoms with Crippen molar-refractivity contribution < 1.29 is 9.47 Å². The fraction of sp³-hybridized carbons (Fsp3) is 1.00. The van der Waals surface area contributed by atoms with Crippen LogP contribution in [0.25, 0.3) is 0 Å². The molecule has 0 bridgehead atoms. The summed E-state index contributed by atoms with van der Waals surface area (Å²) in [6.45, 7) is 4.91. The standard InChI is InChI=1S/C12H24O2/c1-2-3-4-5-6-9-13-11-12-8-7-10-14-12/h12H,2-11H2,1H3.